The van der Waals surface area contributed by atoms with Crippen LogP contribution < -0.4 is 16.8 Å². The van der Waals surface area contributed by atoms with Crippen molar-refractivity contribution in [3.8, 4) is 0 Å². The maximum atomic E-state index is 11.3. The summed E-state index contributed by atoms with van der Waals surface area (Å²) in [5.74, 6) is -0.914. The van der Waals surface area contributed by atoms with Gasteiger partial charge in [-0.25, -0.2) is 4.79 Å². The van der Waals surface area contributed by atoms with E-state index < -0.39 is 17.7 Å². The quantitative estimate of drug-likeness (QED) is 0.775. The molecule has 90 valence electrons. The lowest BCUT2D eigenvalue weighted by Gasteiger charge is -2.11. The predicted octanol–water partition coefficient (Wildman–Crippen LogP) is -0.123. The molecule has 0 saturated heterocycles. The van der Waals surface area contributed by atoms with Crippen LogP contribution in [0.5, 0.6) is 0 Å². The molecule has 2 aromatic rings. The molecule has 0 radical (unpaired) electrons. The maximum absolute atomic E-state index is 11.3. The van der Waals surface area contributed by atoms with Gasteiger partial charge < -0.3 is 15.5 Å². The van der Waals surface area contributed by atoms with Gasteiger partial charge in [0.15, 0.2) is 5.58 Å². The summed E-state index contributed by atoms with van der Waals surface area (Å²) in [6.45, 7) is 0. The van der Waals surface area contributed by atoms with E-state index in [1.807, 2.05) is 0 Å². The molecule has 0 aliphatic heterocycles. The fourth-order valence-corrected chi connectivity index (χ4v) is 1.80. The fraction of sp³-hybridized carbons (Fsp3) is 0.273. The summed E-state index contributed by atoms with van der Waals surface area (Å²) in [6.07, 6.45) is 0. The molecule has 1 unspecified atom stereocenters. The molecule has 0 aliphatic rings. The van der Waals surface area contributed by atoms with Crippen LogP contribution in [0.2, 0.25) is 0 Å². The highest BCUT2D eigenvalue weighted by Crippen LogP contribution is 2.19. The van der Waals surface area contributed by atoms with Crippen molar-refractivity contribution >= 4 is 17.0 Å². The van der Waals surface area contributed by atoms with Gasteiger partial charge in [-0.05, 0) is 24.7 Å². The maximum Gasteiger partial charge on any atom is 0.419 e. The van der Waals surface area contributed by atoms with Crippen LogP contribution >= 0.6 is 0 Å². The highest BCUT2D eigenvalue weighted by Gasteiger charge is 2.17. The molecule has 0 bridgehead atoms. The Morgan fingerprint density at radius 3 is 2.82 bits per heavy atom. The average molecular weight is 235 g/mol. The molecule has 2 rings (SSSR count). The lowest BCUT2D eigenvalue weighted by atomic mass is 10.1. The number of nitrogens with two attached hydrogens (primary N) is 1. The summed E-state index contributed by atoms with van der Waals surface area (Å²) in [5.41, 5.74) is 7.05. The first kappa shape index (κ1) is 11.4. The van der Waals surface area contributed by atoms with Gasteiger partial charge in [0, 0.05) is 7.05 Å². The van der Waals surface area contributed by atoms with E-state index in [0.29, 0.717) is 16.7 Å². The first-order valence-electron chi connectivity index (χ1n) is 5.10. The molecule has 1 atom stereocenters. The Balaban J connectivity index is 2.58. The van der Waals surface area contributed by atoms with Crippen molar-refractivity contribution < 1.29 is 9.21 Å². The molecule has 1 aromatic heterocycles. The number of carbonyl (C=O) groups excluding carboxylic acids is 1. The molecule has 0 aliphatic carbocycles. The third-order valence-corrected chi connectivity index (χ3v) is 2.72. The molecule has 6 heteroatoms. The Morgan fingerprint density at radius 1 is 1.53 bits per heavy atom. The number of primary amides is 1. The number of nitrogens with zero attached hydrogens (tertiary/aromatic N) is 1. The van der Waals surface area contributed by atoms with Crippen LogP contribution in [-0.2, 0) is 11.8 Å². The van der Waals surface area contributed by atoms with Gasteiger partial charge in [0.05, 0.1) is 5.52 Å². The normalized spacial score (nSPS) is 12.8. The van der Waals surface area contributed by atoms with Crippen LogP contribution in [0.3, 0.4) is 0 Å². The van der Waals surface area contributed by atoms with Crippen molar-refractivity contribution in [3.63, 3.8) is 0 Å². The standard InChI is InChI=1S/C11H13N3O3/c1-13-9(10(12)15)6-3-4-7-8(5-6)17-11(16)14(7)2/h3-5,9,13H,1-2H3,(H2,12,15). The molecule has 0 spiro atoms. The monoisotopic (exact) mass is 235 g/mol. The molecule has 6 nitrogen and oxygen atoms in total. The van der Waals surface area contributed by atoms with Gasteiger partial charge in [-0.2, -0.15) is 0 Å². The fourth-order valence-electron chi connectivity index (χ4n) is 1.80. The molecule has 0 saturated carbocycles. The number of hydrogen-bond donors (Lipinski definition) is 2. The van der Waals surface area contributed by atoms with Crippen LogP contribution in [0, 0.1) is 0 Å². The molecule has 1 heterocycles. The molecular formula is C11H13N3O3. The zero-order chi connectivity index (χ0) is 12.6. The largest absolute Gasteiger partial charge is 0.419 e. The number of carbonyl (C=O) groups is 1. The predicted molar refractivity (Wildman–Crippen MR) is 62.5 cm³/mol. The lowest BCUT2D eigenvalue weighted by molar-refractivity contribution is -0.120. The smallest absolute Gasteiger partial charge is 0.408 e. The molecular weight excluding hydrogens is 222 g/mol. The second kappa shape index (κ2) is 4.06. The molecule has 1 aromatic carbocycles. The summed E-state index contributed by atoms with van der Waals surface area (Å²) in [7, 11) is 3.26. The van der Waals surface area contributed by atoms with Gasteiger partial charge >= 0.3 is 5.76 Å². The number of aryl methyl sites for hydroxylation is 1. The van der Waals surface area contributed by atoms with E-state index >= 15 is 0 Å². The number of aromatic nitrogens is 1. The summed E-state index contributed by atoms with van der Waals surface area (Å²) in [5, 5.41) is 2.80. The van der Waals surface area contributed by atoms with Crippen molar-refractivity contribution in [3.05, 3.63) is 34.3 Å². The SMILES string of the molecule is CNC(C(N)=O)c1ccc2c(c1)oc(=O)n2C. The Labute approximate surface area is 97.0 Å². The number of hydrogen-bond acceptors (Lipinski definition) is 4. The minimum atomic E-state index is -0.593. The summed E-state index contributed by atoms with van der Waals surface area (Å²) >= 11 is 0. The number of likely N-dealkylation sites (N-methyl/N-ethyl adjacent to an activating group) is 1. The van der Waals surface area contributed by atoms with Gasteiger partial charge in [-0.15, -0.1) is 0 Å². The number of fused-ring (bicyclic) bond motifs is 1. The number of oxazole rings is 1. The third-order valence-electron chi connectivity index (χ3n) is 2.72. The van der Waals surface area contributed by atoms with Crippen molar-refractivity contribution in [2.75, 3.05) is 7.05 Å². The van der Waals surface area contributed by atoms with Gasteiger partial charge in [-0.3, -0.25) is 9.36 Å². The zero-order valence-corrected chi connectivity index (χ0v) is 9.56. The van der Waals surface area contributed by atoms with E-state index in [4.69, 9.17) is 10.2 Å². The minimum absolute atomic E-state index is 0.433. The van der Waals surface area contributed by atoms with E-state index in [-0.39, 0.29) is 0 Å². The van der Waals surface area contributed by atoms with E-state index in [9.17, 15) is 9.59 Å². The van der Waals surface area contributed by atoms with Crippen LogP contribution in [0.1, 0.15) is 11.6 Å². The Kier molecular flexibility index (Phi) is 2.72. The third kappa shape index (κ3) is 1.83. The summed E-state index contributed by atoms with van der Waals surface area (Å²) in [6, 6.07) is 4.51. The van der Waals surface area contributed by atoms with Crippen molar-refractivity contribution in [2.24, 2.45) is 12.8 Å². The molecule has 1 amide bonds. The van der Waals surface area contributed by atoms with E-state index in [1.54, 1.807) is 32.3 Å². The van der Waals surface area contributed by atoms with E-state index in [2.05, 4.69) is 5.32 Å². The second-order valence-electron chi connectivity index (χ2n) is 3.78. The first-order chi connectivity index (χ1) is 8.04. The van der Waals surface area contributed by atoms with Crippen LogP contribution in [0.4, 0.5) is 0 Å². The van der Waals surface area contributed by atoms with E-state index in [1.165, 1.54) is 4.57 Å². The first-order valence-corrected chi connectivity index (χ1v) is 5.10. The van der Waals surface area contributed by atoms with Crippen molar-refractivity contribution in [1.29, 1.82) is 0 Å². The molecule has 3 N–H and O–H groups in total. The zero-order valence-electron chi connectivity index (χ0n) is 9.56. The second-order valence-corrected chi connectivity index (χ2v) is 3.78. The highest BCUT2D eigenvalue weighted by molar-refractivity contribution is 5.83. The van der Waals surface area contributed by atoms with Gasteiger partial charge in [-0.1, -0.05) is 6.07 Å². The van der Waals surface area contributed by atoms with Gasteiger partial charge in [0.25, 0.3) is 0 Å². The number of rotatable bonds is 3. The van der Waals surface area contributed by atoms with Gasteiger partial charge in [0.1, 0.15) is 6.04 Å². The summed E-state index contributed by atoms with van der Waals surface area (Å²) < 4.78 is 6.44. The van der Waals surface area contributed by atoms with E-state index in [0.717, 1.165) is 0 Å². The minimum Gasteiger partial charge on any atom is -0.408 e. The molecule has 17 heavy (non-hydrogen) atoms. The Morgan fingerprint density at radius 2 is 2.24 bits per heavy atom. The number of amides is 1. The molecule has 0 fully saturated rings. The van der Waals surface area contributed by atoms with Gasteiger partial charge in [0.2, 0.25) is 5.91 Å². The average Bonchev–Trinajstić information content (AvgIpc) is 2.55. The summed E-state index contributed by atoms with van der Waals surface area (Å²) in [4.78, 5) is 22.5. The number of nitrogens with one attached hydrogen (secondary N) is 1. The van der Waals surface area contributed by atoms with Crippen molar-refractivity contribution in [1.82, 2.24) is 9.88 Å². The van der Waals surface area contributed by atoms with Crippen LogP contribution in [0.25, 0.3) is 11.1 Å². The van der Waals surface area contributed by atoms with Crippen LogP contribution in [0.15, 0.2) is 27.4 Å². The van der Waals surface area contributed by atoms with Crippen LogP contribution in [-0.4, -0.2) is 17.5 Å². The number of benzene rings is 1. The highest BCUT2D eigenvalue weighted by atomic mass is 16.4. The van der Waals surface area contributed by atoms with Crippen molar-refractivity contribution in [2.45, 2.75) is 6.04 Å². The topological polar surface area (TPSA) is 90.3 Å². The Hall–Kier alpha value is -2.08. The Bertz CT molecular complexity index is 626. The lowest BCUT2D eigenvalue weighted by Crippen LogP contribution is -2.31.